The van der Waals surface area contributed by atoms with Crippen LogP contribution in [0.5, 0.6) is 0 Å². The SMILES string of the molecule is CCCN(CCCF)C1CCC(N)CC1. The van der Waals surface area contributed by atoms with Crippen molar-refractivity contribution in [2.45, 2.75) is 57.5 Å². The zero-order chi connectivity index (χ0) is 11.1. The Morgan fingerprint density at radius 2 is 1.87 bits per heavy atom. The molecular formula is C12H25FN2. The molecule has 1 saturated carbocycles. The third-order valence-electron chi connectivity index (χ3n) is 3.35. The normalized spacial score (nSPS) is 27.2. The van der Waals surface area contributed by atoms with Gasteiger partial charge < -0.3 is 10.6 Å². The molecule has 15 heavy (non-hydrogen) atoms. The highest BCUT2D eigenvalue weighted by Crippen LogP contribution is 2.22. The summed E-state index contributed by atoms with van der Waals surface area (Å²) in [5.74, 6) is 0. The van der Waals surface area contributed by atoms with Gasteiger partial charge in [-0.2, -0.15) is 0 Å². The van der Waals surface area contributed by atoms with Crippen LogP contribution < -0.4 is 5.73 Å². The lowest BCUT2D eigenvalue weighted by molar-refractivity contribution is 0.144. The molecule has 0 unspecified atom stereocenters. The van der Waals surface area contributed by atoms with E-state index in [1.807, 2.05) is 0 Å². The van der Waals surface area contributed by atoms with Crippen molar-refractivity contribution in [2.24, 2.45) is 5.73 Å². The molecule has 90 valence electrons. The molecule has 1 aliphatic rings. The number of nitrogens with two attached hydrogens (primary N) is 1. The number of hydrogen-bond donors (Lipinski definition) is 1. The van der Waals surface area contributed by atoms with E-state index in [9.17, 15) is 4.39 Å². The smallest absolute Gasteiger partial charge is 0.0906 e. The van der Waals surface area contributed by atoms with Crippen molar-refractivity contribution in [3.63, 3.8) is 0 Å². The zero-order valence-electron chi connectivity index (χ0n) is 9.92. The lowest BCUT2D eigenvalue weighted by Gasteiger charge is -2.35. The molecule has 1 fully saturated rings. The van der Waals surface area contributed by atoms with Gasteiger partial charge in [-0.05, 0) is 45.1 Å². The van der Waals surface area contributed by atoms with Gasteiger partial charge in [-0.25, -0.2) is 0 Å². The molecule has 3 heteroatoms. The van der Waals surface area contributed by atoms with Crippen molar-refractivity contribution in [1.82, 2.24) is 4.90 Å². The van der Waals surface area contributed by atoms with Gasteiger partial charge in [0.05, 0.1) is 6.67 Å². The molecule has 0 aromatic heterocycles. The molecule has 0 saturated heterocycles. The summed E-state index contributed by atoms with van der Waals surface area (Å²) in [5, 5.41) is 0. The molecule has 1 rings (SSSR count). The molecule has 0 aromatic rings. The van der Waals surface area contributed by atoms with Crippen molar-refractivity contribution < 1.29 is 4.39 Å². The lowest BCUT2D eigenvalue weighted by Crippen LogP contribution is -2.41. The molecule has 2 nitrogen and oxygen atoms in total. The Labute approximate surface area is 93.0 Å². The first kappa shape index (κ1) is 12.9. The molecule has 0 radical (unpaired) electrons. The summed E-state index contributed by atoms with van der Waals surface area (Å²) in [6, 6.07) is 1.07. The number of hydrogen-bond acceptors (Lipinski definition) is 2. The Balaban J connectivity index is 2.33. The summed E-state index contributed by atoms with van der Waals surface area (Å²) in [5.41, 5.74) is 5.89. The van der Waals surface area contributed by atoms with Gasteiger partial charge in [-0.1, -0.05) is 6.92 Å². The summed E-state index contributed by atoms with van der Waals surface area (Å²) in [6.45, 7) is 4.04. The van der Waals surface area contributed by atoms with Gasteiger partial charge in [0.2, 0.25) is 0 Å². The second-order valence-corrected chi connectivity index (χ2v) is 4.65. The number of halogens is 1. The predicted molar refractivity (Wildman–Crippen MR) is 62.7 cm³/mol. The van der Waals surface area contributed by atoms with E-state index in [0.29, 0.717) is 18.5 Å². The minimum absolute atomic E-state index is 0.188. The van der Waals surface area contributed by atoms with Crippen LogP contribution in [0.3, 0.4) is 0 Å². The third-order valence-corrected chi connectivity index (χ3v) is 3.35. The van der Waals surface area contributed by atoms with Crippen molar-refractivity contribution in [3.05, 3.63) is 0 Å². The van der Waals surface area contributed by atoms with E-state index >= 15 is 0 Å². The first-order valence-electron chi connectivity index (χ1n) is 6.33. The van der Waals surface area contributed by atoms with Crippen molar-refractivity contribution in [1.29, 1.82) is 0 Å². The van der Waals surface area contributed by atoms with Crippen LogP contribution in [0.1, 0.15) is 45.4 Å². The molecule has 2 N–H and O–H groups in total. The summed E-state index contributed by atoms with van der Waals surface area (Å²) in [4.78, 5) is 2.46. The first-order valence-corrected chi connectivity index (χ1v) is 6.33. The molecule has 0 heterocycles. The molecule has 1 aliphatic carbocycles. The number of nitrogens with zero attached hydrogens (tertiary/aromatic N) is 1. The van der Waals surface area contributed by atoms with Gasteiger partial charge in [0.15, 0.2) is 0 Å². The van der Waals surface area contributed by atoms with Crippen LogP contribution in [0, 0.1) is 0 Å². The molecule has 0 atom stereocenters. The van der Waals surface area contributed by atoms with Crippen molar-refractivity contribution in [2.75, 3.05) is 19.8 Å². The van der Waals surface area contributed by atoms with Gasteiger partial charge in [0, 0.05) is 18.6 Å². The van der Waals surface area contributed by atoms with Gasteiger partial charge in [-0.15, -0.1) is 0 Å². The Hall–Kier alpha value is -0.150. The maximum absolute atomic E-state index is 12.2. The fourth-order valence-electron chi connectivity index (χ4n) is 2.49. The Morgan fingerprint density at radius 3 is 2.40 bits per heavy atom. The van der Waals surface area contributed by atoms with Crippen molar-refractivity contribution >= 4 is 0 Å². The third kappa shape index (κ3) is 4.47. The number of alkyl halides is 1. The highest BCUT2D eigenvalue weighted by atomic mass is 19.1. The van der Waals surface area contributed by atoms with Crippen LogP contribution in [0.25, 0.3) is 0 Å². The van der Waals surface area contributed by atoms with Crippen LogP contribution in [0.4, 0.5) is 4.39 Å². The molecule has 0 bridgehead atoms. The van der Waals surface area contributed by atoms with Crippen LogP contribution in [-0.4, -0.2) is 36.7 Å². The van der Waals surface area contributed by atoms with E-state index in [4.69, 9.17) is 5.73 Å². The second-order valence-electron chi connectivity index (χ2n) is 4.65. The quantitative estimate of drug-likeness (QED) is 0.738. The van der Waals surface area contributed by atoms with E-state index in [2.05, 4.69) is 11.8 Å². The number of rotatable bonds is 6. The van der Waals surface area contributed by atoms with E-state index in [-0.39, 0.29) is 6.67 Å². The lowest BCUT2D eigenvalue weighted by atomic mass is 9.90. The molecular weight excluding hydrogens is 191 g/mol. The van der Waals surface area contributed by atoms with E-state index in [1.165, 1.54) is 12.8 Å². The summed E-state index contributed by atoms with van der Waals surface area (Å²) in [7, 11) is 0. The van der Waals surface area contributed by atoms with Gasteiger partial charge in [0.1, 0.15) is 0 Å². The minimum atomic E-state index is -0.188. The predicted octanol–water partition coefficient (Wildman–Crippen LogP) is 2.33. The van der Waals surface area contributed by atoms with Crippen LogP contribution >= 0.6 is 0 Å². The molecule has 0 aromatic carbocycles. The summed E-state index contributed by atoms with van der Waals surface area (Å²) < 4.78 is 12.2. The van der Waals surface area contributed by atoms with Gasteiger partial charge in [0.25, 0.3) is 0 Å². The highest BCUT2D eigenvalue weighted by molar-refractivity contribution is 4.81. The maximum atomic E-state index is 12.2. The average Bonchev–Trinajstić information content (AvgIpc) is 2.25. The Kier molecular flexibility index (Phi) is 6.18. The summed E-state index contributed by atoms with van der Waals surface area (Å²) >= 11 is 0. The minimum Gasteiger partial charge on any atom is -0.328 e. The fourth-order valence-corrected chi connectivity index (χ4v) is 2.49. The van der Waals surface area contributed by atoms with Gasteiger partial charge >= 0.3 is 0 Å². The Bertz CT molecular complexity index is 156. The monoisotopic (exact) mass is 216 g/mol. The van der Waals surface area contributed by atoms with Crippen LogP contribution in [0.2, 0.25) is 0 Å². The summed E-state index contributed by atoms with van der Waals surface area (Å²) in [6.07, 6.45) is 6.53. The molecule has 0 aliphatic heterocycles. The standard InChI is InChI=1S/C12H25FN2/c1-2-9-15(10-3-8-13)12-6-4-11(14)5-7-12/h11-12H,2-10,14H2,1H3. The zero-order valence-corrected chi connectivity index (χ0v) is 9.92. The van der Waals surface area contributed by atoms with Gasteiger partial charge in [-0.3, -0.25) is 4.39 Å². The highest BCUT2D eigenvalue weighted by Gasteiger charge is 2.23. The van der Waals surface area contributed by atoms with Crippen LogP contribution in [-0.2, 0) is 0 Å². The van der Waals surface area contributed by atoms with E-state index in [0.717, 1.165) is 32.4 Å². The first-order chi connectivity index (χ1) is 7.27. The van der Waals surface area contributed by atoms with Crippen molar-refractivity contribution in [3.8, 4) is 0 Å². The maximum Gasteiger partial charge on any atom is 0.0906 e. The topological polar surface area (TPSA) is 29.3 Å². The second kappa shape index (κ2) is 7.18. The largest absolute Gasteiger partial charge is 0.328 e. The molecule has 0 spiro atoms. The van der Waals surface area contributed by atoms with Crippen LogP contribution in [0.15, 0.2) is 0 Å². The Morgan fingerprint density at radius 1 is 1.20 bits per heavy atom. The van der Waals surface area contributed by atoms with E-state index < -0.39 is 0 Å². The van der Waals surface area contributed by atoms with E-state index in [1.54, 1.807) is 0 Å². The average molecular weight is 216 g/mol. The fraction of sp³-hybridized carbons (Fsp3) is 1.00. The molecule has 0 amide bonds.